The van der Waals surface area contributed by atoms with Crippen molar-refractivity contribution in [1.29, 1.82) is 0 Å². The first-order valence-electron chi connectivity index (χ1n) is 4.05. The molecule has 11 heavy (non-hydrogen) atoms. The molecule has 0 saturated heterocycles. The number of terminal acetylenes is 1. The van der Waals surface area contributed by atoms with Crippen molar-refractivity contribution in [3.8, 4) is 12.3 Å². The van der Waals surface area contributed by atoms with Crippen LogP contribution in [0.25, 0.3) is 0 Å². The number of ketones is 1. The highest BCUT2D eigenvalue weighted by molar-refractivity contribution is 5.80. The zero-order valence-corrected chi connectivity index (χ0v) is 7.18. The van der Waals surface area contributed by atoms with Crippen LogP contribution in [0.5, 0.6) is 0 Å². The van der Waals surface area contributed by atoms with Crippen LogP contribution < -0.4 is 0 Å². The first-order chi connectivity index (χ1) is 5.06. The van der Waals surface area contributed by atoms with Crippen LogP contribution in [-0.4, -0.2) is 5.78 Å². The number of rotatable bonds is 0. The van der Waals surface area contributed by atoms with Gasteiger partial charge in [-0.25, -0.2) is 0 Å². The summed E-state index contributed by atoms with van der Waals surface area (Å²) in [5.41, 5.74) is -0.158. The fourth-order valence-electron chi connectivity index (χ4n) is 1.92. The minimum absolute atomic E-state index is 0.158. The Morgan fingerprint density at radius 2 is 2.36 bits per heavy atom. The standard InChI is InChI=1S/C10H14O/c1-4-10(3)6-8(2)5-9(11)7-10/h1,8H,5-7H2,2-3H3/t8-,10?/m1/s1. The molecule has 1 aliphatic carbocycles. The van der Waals surface area contributed by atoms with Gasteiger partial charge in [0, 0.05) is 18.3 Å². The highest BCUT2D eigenvalue weighted by Crippen LogP contribution is 2.36. The van der Waals surface area contributed by atoms with Gasteiger partial charge in [0.25, 0.3) is 0 Å². The van der Waals surface area contributed by atoms with Crippen LogP contribution in [0, 0.1) is 23.7 Å². The number of Topliss-reactive ketones (excluding diaryl/α,β-unsaturated/α-hetero) is 1. The van der Waals surface area contributed by atoms with Gasteiger partial charge in [-0.3, -0.25) is 4.79 Å². The molecule has 1 fully saturated rings. The predicted molar refractivity (Wildman–Crippen MR) is 45.0 cm³/mol. The minimum Gasteiger partial charge on any atom is -0.300 e. The van der Waals surface area contributed by atoms with Crippen molar-refractivity contribution in [1.82, 2.24) is 0 Å². The van der Waals surface area contributed by atoms with E-state index in [1.807, 2.05) is 6.92 Å². The maximum absolute atomic E-state index is 11.2. The summed E-state index contributed by atoms with van der Waals surface area (Å²) >= 11 is 0. The highest BCUT2D eigenvalue weighted by Gasteiger charge is 2.32. The molecule has 60 valence electrons. The minimum atomic E-state index is -0.158. The molecule has 1 aliphatic rings. The van der Waals surface area contributed by atoms with Crippen LogP contribution in [0.1, 0.15) is 33.1 Å². The summed E-state index contributed by atoms with van der Waals surface area (Å²) < 4.78 is 0. The van der Waals surface area contributed by atoms with E-state index in [1.165, 1.54) is 0 Å². The van der Waals surface area contributed by atoms with Gasteiger partial charge in [0.15, 0.2) is 0 Å². The van der Waals surface area contributed by atoms with E-state index in [4.69, 9.17) is 6.42 Å². The first-order valence-corrected chi connectivity index (χ1v) is 4.05. The molecule has 1 nitrogen and oxygen atoms in total. The van der Waals surface area contributed by atoms with Crippen molar-refractivity contribution in [3.63, 3.8) is 0 Å². The van der Waals surface area contributed by atoms with E-state index in [1.54, 1.807) is 0 Å². The van der Waals surface area contributed by atoms with Gasteiger partial charge in [0.1, 0.15) is 5.78 Å². The van der Waals surface area contributed by atoms with E-state index in [0.717, 1.165) is 12.8 Å². The molecule has 0 heterocycles. The lowest BCUT2D eigenvalue weighted by molar-refractivity contribution is -0.123. The Bertz CT molecular complexity index is 211. The molecule has 0 radical (unpaired) electrons. The van der Waals surface area contributed by atoms with Crippen molar-refractivity contribution in [3.05, 3.63) is 0 Å². The number of carbonyl (C=O) groups excluding carboxylic acids is 1. The molecule has 1 rings (SSSR count). The summed E-state index contributed by atoms with van der Waals surface area (Å²) in [4.78, 5) is 11.2. The molecule has 0 aliphatic heterocycles. The second kappa shape index (κ2) is 2.70. The van der Waals surface area contributed by atoms with Gasteiger partial charge in [-0.05, 0) is 19.3 Å². The van der Waals surface area contributed by atoms with Crippen LogP contribution in [0.2, 0.25) is 0 Å². The SMILES string of the molecule is C#CC1(C)CC(=O)C[C@@H](C)C1. The fourth-order valence-corrected chi connectivity index (χ4v) is 1.92. The van der Waals surface area contributed by atoms with Crippen LogP contribution in [0.3, 0.4) is 0 Å². The average Bonchev–Trinajstić information content (AvgIpc) is 1.84. The molecular weight excluding hydrogens is 136 g/mol. The van der Waals surface area contributed by atoms with Gasteiger partial charge in [0.05, 0.1) is 0 Å². The highest BCUT2D eigenvalue weighted by atomic mass is 16.1. The summed E-state index contributed by atoms with van der Waals surface area (Å²) in [6, 6.07) is 0. The molecule has 1 unspecified atom stereocenters. The second-order valence-electron chi connectivity index (χ2n) is 3.93. The Morgan fingerprint density at radius 3 is 2.82 bits per heavy atom. The topological polar surface area (TPSA) is 17.1 Å². The Morgan fingerprint density at radius 1 is 1.73 bits per heavy atom. The zero-order chi connectivity index (χ0) is 8.48. The molecule has 0 aromatic rings. The van der Waals surface area contributed by atoms with Crippen LogP contribution in [-0.2, 0) is 4.79 Å². The Hall–Kier alpha value is -0.770. The van der Waals surface area contributed by atoms with E-state index in [0.29, 0.717) is 18.1 Å². The summed E-state index contributed by atoms with van der Waals surface area (Å²) in [7, 11) is 0. The van der Waals surface area contributed by atoms with Gasteiger partial charge in [-0.2, -0.15) is 0 Å². The lowest BCUT2D eigenvalue weighted by atomic mass is 9.71. The molecule has 0 N–H and O–H groups in total. The van der Waals surface area contributed by atoms with Gasteiger partial charge in [-0.1, -0.05) is 12.8 Å². The van der Waals surface area contributed by atoms with Crippen molar-refractivity contribution in [2.24, 2.45) is 11.3 Å². The van der Waals surface area contributed by atoms with Crippen molar-refractivity contribution < 1.29 is 4.79 Å². The van der Waals surface area contributed by atoms with E-state index >= 15 is 0 Å². The largest absolute Gasteiger partial charge is 0.300 e. The van der Waals surface area contributed by atoms with Crippen LogP contribution in [0.15, 0.2) is 0 Å². The molecule has 1 saturated carbocycles. The summed E-state index contributed by atoms with van der Waals surface area (Å²) in [5.74, 6) is 3.51. The average molecular weight is 150 g/mol. The summed E-state index contributed by atoms with van der Waals surface area (Å²) in [5, 5.41) is 0. The Kier molecular flexibility index (Phi) is 2.04. The third-order valence-corrected chi connectivity index (χ3v) is 2.31. The van der Waals surface area contributed by atoms with E-state index in [2.05, 4.69) is 12.8 Å². The van der Waals surface area contributed by atoms with Gasteiger partial charge < -0.3 is 0 Å². The molecule has 0 amide bonds. The third-order valence-electron chi connectivity index (χ3n) is 2.31. The fraction of sp³-hybridized carbons (Fsp3) is 0.700. The normalized spacial score (nSPS) is 38.3. The van der Waals surface area contributed by atoms with E-state index < -0.39 is 0 Å². The van der Waals surface area contributed by atoms with Gasteiger partial charge in [0.2, 0.25) is 0 Å². The zero-order valence-electron chi connectivity index (χ0n) is 7.18. The van der Waals surface area contributed by atoms with Crippen LogP contribution >= 0.6 is 0 Å². The number of hydrogen-bond acceptors (Lipinski definition) is 1. The Labute approximate surface area is 68.2 Å². The van der Waals surface area contributed by atoms with E-state index in [-0.39, 0.29) is 5.41 Å². The number of hydrogen-bond donors (Lipinski definition) is 0. The maximum Gasteiger partial charge on any atom is 0.134 e. The molecule has 1 heteroatoms. The molecular formula is C10H14O. The Balaban J connectivity index is 2.72. The lowest BCUT2D eigenvalue weighted by Gasteiger charge is -2.31. The van der Waals surface area contributed by atoms with E-state index in [9.17, 15) is 4.79 Å². The van der Waals surface area contributed by atoms with Gasteiger partial charge >= 0.3 is 0 Å². The maximum atomic E-state index is 11.2. The van der Waals surface area contributed by atoms with Gasteiger partial charge in [-0.15, -0.1) is 6.42 Å². The summed E-state index contributed by atoms with van der Waals surface area (Å²) in [6.45, 7) is 4.09. The molecule has 2 atom stereocenters. The van der Waals surface area contributed by atoms with Crippen LogP contribution in [0.4, 0.5) is 0 Å². The van der Waals surface area contributed by atoms with Crippen molar-refractivity contribution >= 4 is 5.78 Å². The van der Waals surface area contributed by atoms with Crippen molar-refractivity contribution in [2.45, 2.75) is 33.1 Å². The second-order valence-corrected chi connectivity index (χ2v) is 3.93. The third kappa shape index (κ3) is 1.83. The molecule has 0 spiro atoms. The van der Waals surface area contributed by atoms with Crippen molar-refractivity contribution in [2.75, 3.05) is 0 Å². The number of carbonyl (C=O) groups is 1. The lowest BCUT2D eigenvalue weighted by Crippen LogP contribution is -2.28. The first kappa shape index (κ1) is 8.33. The smallest absolute Gasteiger partial charge is 0.134 e. The quantitative estimate of drug-likeness (QED) is 0.483. The molecule has 0 aromatic heterocycles. The monoisotopic (exact) mass is 150 g/mol. The predicted octanol–water partition coefficient (Wildman–Crippen LogP) is 2.01. The summed E-state index contributed by atoms with van der Waals surface area (Å²) in [6.07, 6.45) is 7.65. The molecule has 0 bridgehead atoms. The molecule has 0 aromatic carbocycles.